The number of nitrogens with zero attached hydrogens (tertiary/aromatic N) is 2. The van der Waals surface area contributed by atoms with Crippen molar-refractivity contribution in [2.75, 3.05) is 5.32 Å². The van der Waals surface area contributed by atoms with Crippen molar-refractivity contribution in [3.05, 3.63) is 54.4 Å². The summed E-state index contributed by atoms with van der Waals surface area (Å²) >= 11 is 0. The highest BCUT2D eigenvalue weighted by Crippen LogP contribution is 2.30. The van der Waals surface area contributed by atoms with Crippen molar-refractivity contribution in [2.24, 2.45) is 0 Å². The van der Waals surface area contributed by atoms with Gasteiger partial charge in [-0.1, -0.05) is 24.3 Å². The standard InChI is InChI=1S/C18H15N3O/c22-10-12-2-1-3-13(8-12)14-4-7-17-16(9-14)18(20-11-19-17)21-15-5-6-15/h1-4,7-11,15H,5-6H2,(H,19,20,21). The first-order chi connectivity index (χ1) is 10.8. The van der Waals surface area contributed by atoms with Crippen molar-refractivity contribution in [2.45, 2.75) is 18.9 Å². The number of fused-ring (bicyclic) bond motifs is 1. The molecule has 1 N–H and O–H groups in total. The van der Waals surface area contributed by atoms with Gasteiger partial charge in [0.15, 0.2) is 0 Å². The fourth-order valence-corrected chi connectivity index (χ4v) is 2.56. The maximum Gasteiger partial charge on any atom is 0.150 e. The molecule has 4 rings (SSSR count). The zero-order valence-corrected chi connectivity index (χ0v) is 12.0. The highest BCUT2D eigenvalue weighted by atomic mass is 16.1. The zero-order valence-electron chi connectivity index (χ0n) is 12.0. The van der Waals surface area contributed by atoms with Crippen molar-refractivity contribution >= 4 is 23.0 Å². The lowest BCUT2D eigenvalue weighted by atomic mass is 10.0. The van der Waals surface area contributed by atoms with Gasteiger partial charge >= 0.3 is 0 Å². The van der Waals surface area contributed by atoms with Gasteiger partial charge < -0.3 is 5.32 Å². The van der Waals surface area contributed by atoms with Gasteiger partial charge in [0.2, 0.25) is 0 Å². The van der Waals surface area contributed by atoms with Crippen LogP contribution in [0.3, 0.4) is 0 Å². The second-order valence-electron chi connectivity index (χ2n) is 5.62. The summed E-state index contributed by atoms with van der Waals surface area (Å²) in [5.74, 6) is 0.890. The lowest BCUT2D eigenvalue weighted by Gasteiger charge is -2.09. The fourth-order valence-electron chi connectivity index (χ4n) is 2.56. The summed E-state index contributed by atoms with van der Waals surface area (Å²) in [4.78, 5) is 19.7. The van der Waals surface area contributed by atoms with Crippen molar-refractivity contribution < 1.29 is 4.79 Å². The Balaban J connectivity index is 1.82. The Kier molecular flexibility index (Phi) is 3.07. The van der Waals surface area contributed by atoms with E-state index >= 15 is 0 Å². The molecule has 4 nitrogen and oxygen atoms in total. The van der Waals surface area contributed by atoms with E-state index in [0.717, 1.165) is 34.1 Å². The van der Waals surface area contributed by atoms with Gasteiger partial charge in [0, 0.05) is 17.0 Å². The smallest absolute Gasteiger partial charge is 0.150 e. The third-order valence-electron chi connectivity index (χ3n) is 3.91. The van der Waals surface area contributed by atoms with Gasteiger partial charge in [-0.15, -0.1) is 0 Å². The Hall–Kier alpha value is -2.75. The van der Waals surface area contributed by atoms with Crippen LogP contribution in [0.15, 0.2) is 48.8 Å². The van der Waals surface area contributed by atoms with Crippen LogP contribution in [0.25, 0.3) is 22.0 Å². The number of nitrogens with one attached hydrogen (secondary N) is 1. The topological polar surface area (TPSA) is 54.9 Å². The first-order valence-corrected chi connectivity index (χ1v) is 7.40. The van der Waals surface area contributed by atoms with Crippen molar-refractivity contribution in [3.8, 4) is 11.1 Å². The molecule has 0 atom stereocenters. The summed E-state index contributed by atoms with van der Waals surface area (Å²) < 4.78 is 0. The number of rotatable bonds is 4. The minimum Gasteiger partial charge on any atom is -0.367 e. The summed E-state index contributed by atoms with van der Waals surface area (Å²) in [6.07, 6.45) is 4.87. The Morgan fingerprint density at radius 1 is 1.05 bits per heavy atom. The highest BCUT2D eigenvalue weighted by molar-refractivity contribution is 5.93. The molecule has 1 heterocycles. The van der Waals surface area contributed by atoms with Crippen LogP contribution in [-0.4, -0.2) is 22.3 Å². The predicted molar refractivity (Wildman–Crippen MR) is 87.0 cm³/mol. The monoisotopic (exact) mass is 289 g/mol. The molecule has 3 aromatic rings. The van der Waals surface area contributed by atoms with E-state index in [1.54, 1.807) is 12.4 Å². The quantitative estimate of drug-likeness (QED) is 0.744. The van der Waals surface area contributed by atoms with E-state index in [-0.39, 0.29) is 0 Å². The Morgan fingerprint density at radius 2 is 1.91 bits per heavy atom. The first-order valence-electron chi connectivity index (χ1n) is 7.40. The molecule has 0 unspecified atom stereocenters. The molecule has 1 saturated carbocycles. The number of aldehydes is 1. The van der Waals surface area contributed by atoms with Gasteiger partial charge in [0.25, 0.3) is 0 Å². The van der Waals surface area contributed by atoms with Crippen LogP contribution in [0, 0.1) is 0 Å². The van der Waals surface area contributed by atoms with E-state index in [4.69, 9.17) is 0 Å². The summed E-state index contributed by atoms with van der Waals surface area (Å²) in [7, 11) is 0. The third kappa shape index (κ3) is 2.44. The number of hydrogen-bond donors (Lipinski definition) is 1. The summed E-state index contributed by atoms with van der Waals surface area (Å²) in [5, 5.41) is 4.47. The molecule has 0 spiro atoms. The van der Waals surface area contributed by atoms with E-state index < -0.39 is 0 Å². The number of benzene rings is 2. The third-order valence-corrected chi connectivity index (χ3v) is 3.91. The van der Waals surface area contributed by atoms with Gasteiger partial charge in [0.1, 0.15) is 18.4 Å². The number of carbonyl (C=O) groups excluding carboxylic acids is 1. The average Bonchev–Trinajstić information content (AvgIpc) is 3.39. The average molecular weight is 289 g/mol. The van der Waals surface area contributed by atoms with E-state index in [0.29, 0.717) is 11.6 Å². The van der Waals surface area contributed by atoms with Crippen LogP contribution in [0.2, 0.25) is 0 Å². The molecule has 1 fully saturated rings. The second-order valence-corrected chi connectivity index (χ2v) is 5.62. The Morgan fingerprint density at radius 3 is 2.73 bits per heavy atom. The van der Waals surface area contributed by atoms with Crippen LogP contribution in [0.1, 0.15) is 23.2 Å². The van der Waals surface area contributed by atoms with Crippen LogP contribution in [0.5, 0.6) is 0 Å². The largest absolute Gasteiger partial charge is 0.367 e. The minimum atomic E-state index is 0.542. The molecule has 0 saturated heterocycles. The maximum absolute atomic E-state index is 11.0. The van der Waals surface area contributed by atoms with Gasteiger partial charge in [0.05, 0.1) is 5.52 Å². The molecular formula is C18H15N3O. The molecule has 2 aromatic carbocycles. The Labute approximate surface area is 128 Å². The zero-order chi connectivity index (χ0) is 14.9. The van der Waals surface area contributed by atoms with Crippen LogP contribution >= 0.6 is 0 Å². The van der Waals surface area contributed by atoms with E-state index in [2.05, 4.69) is 21.4 Å². The molecule has 1 aromatic heterocycles. The number of aromatic nitrogens is 2. The Bertz CT molecular complexity index is 856. The molecule has 0 radical (unpaired) electrons. The van der Waals surface area contributed by atoms with Crippen molar-refractivity contribution in [1.29, 1.82) is 0 Å². The number of hydrogen-bond acceptors (Lipinski definition) is 4. The van der Waals surface area contributed by atoms with Crippen LogP contribution < -0.4 is 5.32 Å². The molecule has 4 heteroatoms. The maximum atomic E-state index is 11.0. The normalized spacial score (nSPS) is 14.0. The predicted octanol–water partition coefficient (Wildman–Crippen LogP) is 3.68. The second kappa shape index (κ2) is 5.22. The van der Waals surface area contributed by atoms with Gasteiger partial charge in [-0.3, -0.25) is 4.79 Å². The van der Waals surface area contributed by atoms with E-state index in [1.807, 2.05) is 30.3 Å². The van der Waals surface area contributed by atoms with Gasteiger partial charge in [-0.25, -0.2) is 9.97 Å². The molecule has 108 valence electrons. The molecule has 1 aliphatic rings. The fraction of sp³-hybridized carbons (Fsp3) is 0.167. The summed E-state index contributed by atoms with van der Waals surface area (Å²) in [5.41, 5.74) is 3.68. The lowest BCUT2D eigenvalue weighted by Crippen LogP contribution is -2.04. The summed E-state index contributed by atoms with van der Waals surface area (Å²) in [6.45, 7) is 0. The summed E-state index contributed by atoms with van der Waals surface area (Å²) in [6, 6.07) is 14.3. The molecule has 0 bridgehead atoms. The molecule has 1 aliphatic carbocycles. The lowest BCUT2D eigenvalue weighted by molar-refractivity contribution is 0.112. The highest BCUT2D eigenvalue weighted by Gasteiger charge is 2.22. The molecule has 22 heavy (non-hydrogen) atoms. The molecule has 0 amide bonds. The number of carbonyl (C=O) groups is 1. The van der Waals surface area contributed by atoms with Crippen molar-refractivity contribution in [3.63, 3.8) is 0 Å². The van der Waals surface area contributed by atoms with Gasteiger partial charge in [-0.2, -0.15) is 0 Å². The molecule has 0 aliphatic heterocycles. The number of anilines is 1. The minimum absolute atomic E-state index is 0.542. The van der Waals surface area contributed by atoms with E-state index in [1.165, 1.54) is 12.8 Å². The molecular weight excluding hydrogens is 274 g/mol. The SMILES string of the molecule is O=Cc1cccc(-c2ccc3ncnc(NC4CC4)c3c2)c1. The van der Waals surface area contributed by atoms with Crippen LogP contribution in [-0.2, 0) is 0 Å². The van der Waals surface area contributed by atoms with E-state index in [9.17, 15) is 4.79 Å². The first kappa shape index (κ1) is 13.0. The van der Waals surface area contributed by atoms with Crippen molar-refractivity contribution in [1.82, 2.24) is 9.97 Å². The van der Waals surface area contributed by atoms with Crippen LogP contribution in [0.4, 0.5) is 5.82 Å². The van der Waals surface area contributed by atoms with Gasteiger partial charge in [-0.05, 0) is 42.2 Å².